The van der Waals surface area contributed by atoms with Crippen LogP contribution >= 0.6 is 0 Å². The van der Waals surface area contributed by atoms with Crippen molar-refractivity contribution in [2.24, 2.45) is 0 Å². The fourth-order valence-electron chi connectivity index (χ4n) is 1.68. The number of nitro benzene ring substituents is 1. The zero-order valence-corrected chi connectivity index (χ0v) is 11.3. The molecule has 1 aromatic rings. The van der Waals surface area contributed by atoms with Gasteiger partial charge in [0.05, 0.1) is 11.0 Å². The van der Waals surface area contributed by atoms with E-state index in [1.54, 1.807) is 0 Å². The lowest BCUT2D eigenvalue weighted by Gasteiger charge is -2.12. The highest BCUT2D eigenvalue weighted by Gasteiger charge is 2.17. The fourth-order valence-corrected chi connectivity index (χ4v) is 1.68. The monoisotopic (exact) mass is 286 g/mol. The summed E-state index contributed by atoms with van der Waals surface area (Å²) in [5, 5.41) is 23.5. The minimum atomic E-state index is -0.915. The molecule has 7 heteroatoms. The first-order valence-electron chi connectivity index (χ1n) is 6.46. The maximum Gasteiger partial charge on any atom is 0.305 e. The number of aliphatic hydroxyl groups excluding tert-OH is 1. The van der Waals surface area contributed by atoms with Crippen LogP contribution in [0.15, 0.2) is 18.2 Å². The highest BCUT2D eigenvalue weighted by molar-refractivity contribution is 5.37. The molecule has 0 bridgehead atoms. The van der Waals surface area contributed by atoms with Crippen LogP contribution in [0.3, 0.4) is 0 Å². The van der Waals surface area contributed by atoms with Crippen LogP contribution in [0.2, 0.25) is 0 Å². The first kappa shape index (κ1) is 16.5. The van der Waals surface area contributed by atoms with E-state index in [2.05, 4.69) is 5.32 Å². The Labute approximate surface area is 116 Å². The molecule has 1 aromatic carbocycles. The molecular weight excluding hydrogens is 267 g/mol. The van der Waals surface area contributed by atoms with Crippen LogP contribution in [0, 0.1) is 15.9 Å². The van der Waals surface area contributed by atoms with Gasteiger partial charge in [-0.15, -0.1) is 0 Å². The van der Waals surface area contributed by atoms with Gasteiger partial charge in [-0.25, -0.2) is 0 Å². The molecule has 112 valence electrons. The van der Waals surface area contributed by atoms with E-state index in [0.717, 1.165) is 18.6 Å². The lowest BCUT2D eigenvalue weighted by molar-refractivity contribution is -0.387. The van der Waals surface area contributed by atoms with E-state index in [0.29, 0.717) is 25.3 Å². The van der Waals surface area contributed by atoms with E-state index < -0.39 is 22.5 Å². The second kappa shape index (κ2) is 8.57. The topological polar surface area (TPSA) is 84.6 Å². The van der Waals surface area contributed by atoms with E-state index in [1.807, 2.05) is 6.92 Å². The lowest BCUT2D eigenvalue weighted by atomic mass is 10.1. The summed E-state index contributed by atoms with van der Waals surface area (Å²) in [4.78, 5) is 9.81. The second-order valence-electron chi connectivity index (χ2n) is 4.24. The molecule has 0 radical (unpaired) electrons. The Morgan fingerprint density at radius 3 is 2.95 bits per heavy atom. The number of nitrogens with zero attached hydrogens (tertiary/aromatic N) is 1. The normalized spacial score (nSPS) is 12.3. The van der Waals surface area contributed by atoms with Crippen LogP contribution in [-0.4, -0.2) is 36.3 Å². The first-order valence-corrected chi connectivity index (χ1v) is 6.46. The average molecular weight is 286 g/mol. The van der Waals surface area contributed by atoms with Crippen LogP contribution in [-0.2, 0) is 4.74 Å². The molecule has 1 unspecified atom stereocenters. The third kappa shape index (κ3) is 5.20. The van der Waals surface area contributed by atoms with Crippen LogP contribution in [0.1, 0.15) is 25.0 Å². The third-order valence-corrected chi connectivity index (χ3v) is 2.74. The summed E-state index contributed by atoms with van der Waals surface area (Å²) < 4.78 is 18.3. The number of nitro groups is 1. The Morgan fingerprint density at radius 1 is 1.55 bits per heavy atom. The van der Waals surface area contributed by atoms with E-state index in [4.69, 9.17) is 4.74 Å². The predicted octanol–water partition coefficient (Wildman–Crippen LogP) is 1.78. The number of halogens is 1. The maximum atomic E-state index is 13.2. The molecular formula is C13H19FN2O4. The predicted molar refractivity (Wildman–Crippen MR) is 72.0 cm³/mol. The van der Waals surface area contributed by atoms with Crippen LogP contribution in [0.4, 0.5) is 10.1 Å². The molecule has 2 N–H and O–H groups in total. The maximum absolute atomic E-state index is 13.2. The molecule has 0 spiro atoms. The Kier molecular flexibility index (Phi) is 7.06. The number of aliphatic hydroxyl groups is 1. The van der Waals surface area contributed by atoms with Crippen molar-refractivity contribution in [3.8, 4) is 0 Å². The highest BCUT2D eigenvalue weighted by Crippen LogP contribution is 2.22. The van der Waals surface area contributed by atoms with E-state index in [9.17, 15) is 19.6 Å². The van der Waals surface area contributed by atoms with Gasteiger partial charge in [0.15, 0.2) is 0 Å². The van der Waals surface area contributed by atoms with Crippen molar-refractivity contribution < 1.29 is 19.2 Å². The standard InChI is InChI=1S/C13H19FN2O4/c1-2-20-7-3-6-15-9-13(17)10-4-5-11(14)12(8-10)16(18)19/h4-5,8,13,15,17H,2-3,6-7,9H2,1H3. The smallest absolute Gasteiger partial charge is 0.305 e. The lowest BCUT2D eigenvalue weighted by Crippen LogP contribution is -2.23. The minimum absolute atomic E-state index is 0.245. The summed E-state index contributed by atoms with van der Waals surface area (Å²) in [6, 6.07) is 3.39. The molecule has 0 fully saturated rings. The molecule has 0 heterocycles. The highest BCUT2D eigenvalue weighted by atomic mass is 19.1. The summed E-state index contributed by atoms with van der Waals surface area (Å²) in [5.41, 5.74) is -0.312. The number of hydrogen-bond acceptors (Lipinski definition) is 5. The summed E-state index contributed by atoms with van der Waals surface area (Å²) in [5.74, 6) is -0.907. The van der Waals surface area contributed by atoms with Crippen LogP contribution < -0.4 is 5.32 Å². The van der Waals surface area contributed by atoms with Gasteiger partial charge in [0.25, 0.3) is 0 Å². The first-order chi connectivity index (χ1) is 9.56. The number of ether oxygens (including phenoxy) is 1. The van der Waals surface area contributed by atoms with E-state index in [1.165, 1.54) is 6.07 Å². The third-order valence-electron chi connectivity index (χ3n) is 2.74. The molecule has 0 saturated heterocycles. The number of hydrogen-bond donors (Lipinski definition) is 2. The van der Waals surface area contributed by atoms with Gasteiger partial charge in [0.2, 0.25) is 5.82 Å². The van der Waals surface area contributed by atoms with Gasteiger partial charge in [-0.1, -0.05) is 6.07 Å². The van der Waals surface area contributed by atoms with Crippen molar-refractivity contribution in [3.63, 3.8) is 0 Å². The quantitative estimate of drug-likeness (QED) is 0.410. The Hall–Kier alpha value is -1.57. The molecule has 0 aliphatic carbocycles. The Bertz CT molecular complexity index is 442. The number of benzene rings is 1. The van der Waals surface area contributed by atoms with E-state index >= 15 is 0 Å². The summed E-state index contributed by atoms with van der Waals surface area (Å²) in [7, 11) is 0. The Morgan fingerprint density at radius 2 is 2.30 bits per heavy atom. The second-order valence-corrected chi connectivity index (χ2v) is 4.24. The number of rotatable bonds is 9. The van der Waals surface area contributed by atoms with Crippen molar-refractivity contribution in [2.75, 3.05) is 26.3 Å². The summed E-state index contributed by atoms with van der Waals surface area (Å²) in [6.45, 7) is 4.14. The summed E-state index contributed by atoms with van der Waals surface area (Å²) >= 11 is 0. The molecule has 0 amide bonds. The zero-order chi connectivity index (χ0) is 15.0. The van der Waals surface area contributed by atoms with Crippen molar-refractivity contribution >= 4 is 5.69 Å². The fraction of sp³-hybridized carbons (Fsp3) is 0.538. The van der Waals surface area contributed by atoms with Gasteiger partial charge in [0, 0.05) is 25.8 Å². The van der Waals surface area contributed by atoms with Crippen molar-refractivity contribution in [2.45, 2.75) is 19.4 Å². The molecule has 20 heavy (non-hydrogen) atoms. The van der Waals surface area contributed by atoms with Crippen molar-refractivity contribution in [1.29, 1.82) is 0 Å². The molecule has 6 nitrogen and oxygen atoms in total. The molecule has 0 saturated carbocycles. The largest absolute Gasteiger partial charge is 0.387 e. The minimum Gasteiger partial charge on any atom is -0.387 e. The zero-order valence-electron chi connectivity index (χ0n) is 11.3. The van der Waals surface area contributed by atoms with Gasteiger partial charge in [-0.2, -0.15) is 4.39 Å². The van der Waals surface area contributed by atoms with E-state index in [-0.39, 0.29) is 6.54 Å². The van der Waals surface area contributed by atoms with Crippen molar-refractivity contribution in [3.05, 3.63) is 39.7 Å². The SMILES string of the molecule is CCOCCCNCC(O)c1ccc(F)c([N+](=O)[O-])c1. The molecule has 0 aliphatic heterocycles. The molecule has 0 aromatic heterocycles. The van der Waals surface area contributed by atoms with Gasteiger partial charge >= 0.3 is 5.69 Å². The summed E-state index contributed by atoms with van der Waals surface area (Å²) in [6.07, 6.45) is -0.106. The van der Waals surface area contributed by atoms with Crippen molar-refractivity contribution in [1.82, 2.24) is 5.32 Å². The Balaban J connectivity index is 2.45. The molecule has 1 rings (SSSR count). The molecule has 1 atom stereocenters. The average Bonchev–Trinajstić information content (AvgIpc) is 2.42. The number of nitrogens with one attached hydrogen (secondary N) is 1. The van der Waals surface area contributed by atoms with Crippen LogP contribution in [0.5, 0.6) is 0 Å². The van der Waals surface area contributed by atoms with Gasteiger partial charge < -0.3 is 15.2 Å². The van der Waals surface area contributed by atoms with Crippen LogP contribution in [0.25, 0.3) is 0 Å². The van der Waals surface area contributed by atoms with Gasteiger partial charge in [-0.3, -0.25) is 10.1 Å². The van der Waals surface area contributed by atoms with Gasteiger partial charge in [-0.05, 0) is 31.5 Å². The molecule has 0 aliphatic rings. The van der Waals surface area contributed by atoms with Gasteiger partial charge in [0.1, 0.15) is 0 Å².